The first-order chi connectivity index (χ1) is 13.4. The van der Waals surface area contributed by atoms with Crippen LogP contribution in [0.5, 0.6) is 0 Å². The number of sulfonamides is 1. The molecule has 150 valence electrons. The monoisotopic (exact) mass is 484 g/mol. The molecular weight excluding hydrogens is 464 g/mol. The minimum atomic E-state index is -3.52. The molecule has 9 heteroatoms. The normalized spacial score (nSPS) is 15.3. The zero-order valence-electron chi connectivity index (χ0n) is 15.1. The number of halogens is 1. The van der Waals surface area contributed by atoms with E-state index in [0.29, 0.717) is 37.7 Å². The van der Waals surface area contributed by atoms with Crippen molar-refractivity contribution in [2.24, 2.45) is 0 Å². The van der Waals surface area contributed by atoms with E-state index in [-0.39, 0.29) is 10.8 Å². The average Bonchev–Trinajstić information content (AvgIpc) is 2.69. The maximum Gasteiger partial charge on any atom is 0.243 e. The Labute approximate surface area is 177 Å². The summed E-state index contributed by atoms with van der Waals surface area (Å²) in [6, 6.07) is 14.2. The Morgan fingerprint density at radius 3 is 2.54 bits per heavy atom. The van der Waals surface area contributed by atoms with Crippen LogP contribution >= 0.6 is 27.7 Å². The van der Waals surface area contributed by atoms with Crippen molar-refractivity contribution in [1.82, 2.24) is 4.31 Å². The second-order valence-electron chi connectivity index (χ2n) is 6.21. The second kappa shape index (κ2) is 9.89. The van der Waals surface area contributed by atoms with Crippen molar-refractivity contribution in [2.75, 3.05) is 37.4 Å². The van der Waals surface area contributed by atoms with Crippen molar-refractivity contribution in [1.29, 1.82) is 0 Å². The largest absolute Gasteiger partial charge is 0.379 e. The minimum Gasteiger partial charge on any atom is -0.379 e. The number of carbonyl (C=O) groups is 1. The van der Waals surface area contributed by atoms with Gasteiger partial charge in [0.25, 0.3) is 0 Å². The van der Waals surface area contributed by atoms with Gasteiger partial charge in [-0.3, -0.25) is 4.79 Å². The van der Waals surface area contributed by atoms with Crippen molar-refractivity contribution < 1.29 is 17.9 Å². The molecule has 0 aromatic heterocycles. The highest BCUT2D eigenvalue weighted by atomic mass is 79.9. The van der Waals surface area contributed by atoms with Crippen LogP contribution in [0.1, 0.15) is 5.56 Å². The zero-order chi connectivity index (χ0) is 20.0. The van der Waals surface area contributed by atoms with Gasteiger partial charge in [-0.15, -0.1) is 11.8 Å². The lowest BCUT2D eigenvalue weighted by molar-refractivity contribution is -0.113. The van der Waals surface area contributed by atoms with Gasteiger partial charge < -0.3 is 10.1 Å². The number of ether oxygens (including phenoxy) is 1. The number of carbonyl (C=O) groups excluding carboxylic acids is 1. The molecule has 0 atom stereocenters. The summed E-state index contributed by atoms with van der Waals surface area (Å²) in [5, 5.41) is 2.80. The summed E-state index contributed by atoms with van der Waals surface area (Å²) in [4.78, 5) is 12.3. The van der Waals surface area contributed by atoms with Crippen LogP contribution in [0, 0.1) is 0 Å². The Morgan fingerprint density at radius 2 is 1.86 bits per heavy atom. The van der Waals surface area contributed by atoms with Crippen LogP contribution in [0.4, 0.5) is 5.69 Å². The van der Waals surface area contributed by atoms with Gasteiger partial charge in [0, 0.05) is 29.0 Å². The van der Waals surface area contributed by atoms with Crippen molar-refractivity contribution in [3.63, 3.8) is 0 Å². The molecule has 1 amide bonds. The van der Waals surface area contributed by atoms with Crippen molar-refractivity contribution in [2.45, 2.75) is 10.6 Å². The molecule has 1 fully saturated rings. The highest BCUT2D eigenvalue weighted by Gasteiger charge is 2.26. The molecule has 2 aromatic carbocycles. The molecule has 0 radical (unpaired) electrons. The third-order valence-corrected chi connectivity index (χ3v) is 7.55. The quantitative estimate of drug-likeness (QED) is 0.651. The Balaban J connectivity index is 1.51. The molecule has 28 heavy (non-hydrogen) atoms. The molecule has 0 unspecified atom stereocenters. The van der Waals surface area contributed by atoms with Crippen LogP contribution in [-0.4, -0.2) is 50.7 Å². The first kappa shape index (κ1) is 21.3. The maximum atomic E-state index is 12.6. The molecule has 1 N–H and O–H groups in total. The Kier molecular flexibility index (Phi) is 7.53. The van der Waals surface area contributed by atoms with E-state index in [1.807, 2.05) is 24.3 Å². The number of thioether (sulfide) groups is 1. The van der Waals surface area contributed by atoms with Gasteiger partial charge in [0.05, 0.1) is 23.9 Å². The lowest BCUT2D eigenvalue weighted by Crippen LogP contribution is -2.40. The molecule has 0 aliphatic carbocycles. The summed E-state index contributed by atoms with van der Waals surface area (Å²) in [5.41, 5.74) is 1.72. The molecule has 0 saturated carbocycles. The van der Waals surface area contributed by atoms with Gasteiger partial charge in [0.15, 0.2) is 0 Å². The lowest BCUT2D eigenvalue weighted by Gasteiger charge is -2.26. The molecule has 1 aliphatic heterocycles. The van der Waals surface area contributed by atoms with Crippen molar-refractivity contribution in [3.05, 3.63) is 58.6 Å². The molecular formula is C19H21BrN2O4S2. The van der Waals surface area contributed by atoms with E-state index in [4.69, 9.17) is 4.74 Å². The van der Waals surface area contributed by atoms with Crippen LogP contribution in [0.15, 0.2) is 57.9 Å². The van der Waals surface area contributed by atoms with Crippen molar-refractivity contribution in [3.8, 4) is 0 Å². The average molecular weight is 485 g/mol. The molecule has 0 bridgehead atoms. The number of amides is 1. The number of anilines is 1. The molecule has 1 heterocycles. The van der Waals surface area contributed by atoms with Crippen LogP contribution in [0.3, 0.4) is 0 Å². The summed E-state index contributed by atoms with van der Waals surface area (Å²) >= 11 is 4.95. The van der Waals surface area contributed by atoms with E-state index < -0.39 is 10.0 Å². The van der Waals surface area contributed by atoms with Gasteiger partial charge in [-0.1, -0.05) is 28.1 Å². The predicted molar refractivity (Wildman–Crippen MR) is 115 cm³/mol. The third kappa shape index (κ3) is 5.81. The van der Waals surface area contributed by atoms with Gasteiger partial charge in [-0.05, 0) is 42.0 Å². The Morgan fingerprint density at radius 1 is 1.14 bits per heavy atom. The van der Waals surface area contributed by atoms with Crippen LogP contribution in [-0.2, 0) is 25.3 Å². The number of hydrogen-bond donors (Lipinski definition) is 1. The molecule has 2 aromatic rings. The van der Waals surface area contributed by atoms with Crippen LogP contribution in [0.2, 0.25) is 0 Å². The fourth-order valence-corrected chi connectivity index (χ4v) is 5.36. The zero-order valence-corrected chi connectivity index (χ0v) is 18.4. The fraction of sp³-hybridized carbons (Fsp3) is 0.316. The van der Waals surface area contributed by atoms with E-state index in [2.05, 4.69) is 21.2 Å². The van der Waals surface area contributed by atoms with Gasteiger partial charge in [-0.25, -0.2) is 8.42 Å². The van der Waals surface area contributed by atoms with E-state index in [1.54, 1.807) is 12.1 Å². The molecule has 6 nitrogen and oxygen atoms in total. The summed E-state index contributed by atoms with van der Waals surface area (Å²) in [5.74, 6) is 0.938. The third-order valence-electron chi connectivity index (χ3n) is 4.14. The van der Waals surface area contributed by atoms with Crippen LogP contribution in [0.25, 0.3) is 0 Å². The summed E-state index contributed by atoms with van der Waals surface area (Å²) in [6.45, 7) is 1.53. The van der Waals surface area contributed by atoms with Gasteiger partial charge in [0.2, 0.25) is 15.9 Å². The summed E-state index contributed by atoms with van der Waals surface area (Å²) in [6.07, 6.45) is 0. The summed E-state index contributed by atoms with van der Waals surface area (Å²) in [7, 11) is -3.52. The van der Waals surface area contributed by atoms with Gasteiger partial charge in [-0.2, -0.15) is 4.31 Å². The molecule has 1 aliphatic rings. The van der Waals surface area contributed by atoms with Gasteiger partial charge >= 0.3 is 0 Å². The molecule has 1 saturated heterocycles. The SMILES string of the molecule is O=C(CSCc1cccc(Br)c1)Nc1ccc(S(=O)(=O)N2CCOCC2)cc1. The number of hydrogen-bond acceptors (Lipinski definition) is 5. The molecule has 0 spiro atoms. The number of nitrogens with one attached hydrogen (secondary N) is 1. The number of rotatable bonds is 7. The first-order valence-corrected chi connectivity index (χ1v) is 12.1. The number of morpholine rings is 1. The highest BCUT2D eigenvalue weighted by molar-refractivity contribution is 9.10. The standard InChI is InChI=1S/C19H21BrN2O4S2/c20-16-3-1-2-15(12-16)13-27-14-19(23)21-17-4-6-18(7-5-17)28(24,25)22-8-10-26-11-9-22/h1-7,12H,8-11,13-14H2,(H,21,23). The minimum absolute atomic E-state index is 0.121. The number of nitrogens with zero attached hydrogens (tertiary/aromatic N) is 1. The Bertz CT molecular complexity index is 914. The van der Waals surface area contributed by atoms with Crippen LogP contribution < -0.4 is 5.32 Å². The molecule has 3 rings (SSSR count). The Hall–Kier alpha value is -1.39. The van der Waals surface area contributed by atoms with E-state index in [1.165, 1.54) is 28.2 Å². The van der Waals surface area contributed by atoms with E-state index in [0.717, 1.165) is 15.8 Å². The smallest absolute Gasteiger partial charge is 0.243 e. The fourth-order valence-electron chi connectivity index (χ4n) is 2.73. The highest BCUT2D eigenvalue weighted by Crippen LogP contribution is 2.20. The van der Waals surface area contributed by atoms with E-state index in [9.17, 15) is 13.2 Å². The first-order valence-electron chi connectivity index (χ1n) is 8.75. The lowest BCUT2D eigenvalue weighted by atomic mass is 10.2. The predicted octanol–water partition coefficient (Wildman–Crippen LogP) is 3.34. The topological polar surface area (TPSA) is 75.7 Å². The number of benzene rings is 2. The second-order valence-corrected chi connectivity index (χ2v) is 10.1. The maximum absolute atomic E-state index is 12.6. The van der Waals surface area contributed by atoms with Gasteiger partial charge in [0.1, 0.15) is 0 Å². The van der Waals surface area contributed by atoms with E-state index >= 15 is 0 Å². The van der Waals surface area contributed by atoms with Crippen molar-refractivity contribution >= 4 is 49.3 Å². The summed E-state index contributed by atoms with van der Waals surface area (Å²) < 4.78 is 32.8.